The van der Waals surface area contributed by atoms with E-state index in [1.165, 1.54) is 36.4 Å². The van der Waals surface area contributed by atoms with E-state index in [1.54, 1.807) is 11.4 Å². The first-order valence-corrected chi connectivity index (χ1v) is 10.4. The maximum Gasteiger partial charge on any atom is 0.418 e. The molecule has 11 heteroatoms. The molecule has 2 heterocycles. The van der Waals surface area contributed by atoms with Crippen LogP contribution in [-0.2, 0) is 24.1 Å². The van der Waals surface area contributed by atoms with Crippen LogP contribution in [0.1, 0.15) is 11.1 Å². The van der Waals surface area contributed by atoms with Gasteiger partial charge >= 0.3 is 11.9 Å². The number of nitrogens with zero attached hydrogens (tertiary/aromatic N) is 2. The van der Waals surface area contributed by atoms with Crippen LogP contribution < -0.4 is 16.6 Å². The molecule has 0 aliphatic rings. The number of rotatable bonds is 5. The van der Waals surface area contributed by atoms with Gasteiger partial charge in [0.15, 0.2) is 0 Å². The third-order valence-electron chi connectivity index (χ3n) is 4.93. The first kappa shape index (κ1) is 22.5. The molecule has 0 saturated carbocycles. The van der Waals surface area contributed by atoms with E-state index in [1.807, 2.05) is 0 Å². The van der Waals surface area contributed by atoms with Gasteiger partial charge in [-0.25, -0.2) is 9.18 Å². The monoisotopic (exact) mass is 477 g/mol. The van der Waals surface area contributed by atoms with E-state index in [0.717, 1.165) is 32.6 Å². The predicted octanol–water partition coefficient (Wildman–Crippen LogP) is 4.07. The van der Waals surface area contributed by atoms with Crippen LogP contribution in [0.4, 0.5) is 23.2 Å². The van der Waals surface area contributed by atoms with Gasteiger partial charge in [0.25, 0.3) is 5.56 Å². The molecule has 2 aromatic carbocycles. The van der Waals surface area contributed by atoms with Crippen LogP contribution in [0.3, 0.4) is 0 Å². The summed E-state index contributed by atoms with van der Waals surface area (Å²) in [6, 6.07) is 11.5. The van der Waals surface area contributed by atoms with Crippen molar-refractivity contribution in [2.75, 3.05) is 5.32 Å². The SMILES string of the molecule is O=C(Cn1c(=O)n(Cc2ccccc2F)c(=O)c2sccc21)Nc1ccccc1C(F)(F)F. The zero-order chi connectivity index (χ0) is 23.8. The van der Waals surface area contributed by atoms with Gasteiger partial charge < -0.3 is 5.32 Å². The summed E-state index contributed by atoms with van der Waals surface area (Å²) in [5.74, 6) is -1.50. The predicted molar refractivity (Wildman–Crippen MR) is 116 cm³/mol. The van der Waals surface area contributed by atoms with E-state index < -0.39 is 46.9 Å². The average molecular weight is 477 g/mol. The highest BCUT2D eigenvalue weighted by atomic mass is 32.1. The summed E-state index contributed by atoms with van der Waals surface area (Å²) in [7, 11) is 0. The molecule has 0 radical (unpaired) electrons. The van der Waals surface area contributed by atoms with Crippen molar-refractivity contribution >= 4 is 33.1 Å². The summed E-state index contributed by atoms with van der Waals surface area (Å²) in [6.45, 7) is -1.01. The van der Waals surface area contributed by atoms with E-state index in [2.05, 4.69) is 5.32 Å². The van der Waals surface area contributed by atoms with Gasteiger partial charge in [0.1, 0.15) is 17.1 Å². The van der Waals surface area contributed by atoms with Gasteiger partial charge in [0, 0.05) is 5.56 Å². The maximum absolute atomic E-state index is 14.1. The molecule has 0 fully saturated rings. The van der Waals surface area contributed by atoms with Crippen LogP contribution in [0.25, 0.3) is 10.2 Å². The van der Waals surface area contributed by atoms with Crippen molar-refractivity contribution in [3.63, 3.8) is 0 Å². The number of nitrogens with one attached hydrogen (secondary N) is 1. The lowest BCUT2D eigenvalue weighted by atomic mass is 10.1. The molecule has 0 spiro atoms. The van der Waals surface area contributed by atoms with E-state index >= 15 is 0 Å². The highest BCUT2D eigenvalue weighted by Crippen LogP contribution is 2.34. The number of carbonyl (C=O) groups excluding carboxylic acids is 1. The smallest absolute Gasteiger partial charge is 0.324 e. The maximum atomic E-state index is 14.1. The number of hydrogen-bond acceptors (Lipinski definition) is 4. The molecule has 170 valence electrons. The summed E-state index contributed by atoms with van der Waals surface area (Å²) >= 11 is 1.04. The fourth-order valence-corrected chi connectivity index (χ4v) is 4.24. The number of halogens is 4. The van der Waals surface area contributed by atoms with Gasteiger partial charge in [-0.05, 0) is 29.6 Å². The molecule has 1 N–H and O–H groups in total. The van der Waals surface area contributed by atoms with Crippen molar-refractivity contribution in [1.29, 1.82) is 0 Å². The lowest BCUT2D eigenvalue weighted by Crippen LogP contribution is -2.41. The number of amides is 1. The molecule has 0 bridgehead atoms. The molecular formula is C22H15F4N3O3S. The zero-order valence-electron chi connectivity index (χ0n) is 16.7. The molecule has 2 aromatic heterocycles. The van der Waals surface area contributed by atoms with Crippen LogP contribution in [-0.4, -0.2) is 15.0 Å². The molecule has 0 aliphatic heterocycles. The number of fused-ring (bicyclic) bond motifs is 1. The Bertz CT molecular complexity index is 1470. The Morgan fingerprint density at radius 2 is 1.67 bits per heavy atom. The average Bonchev–Trinajstić information content (AvgIpc) is 3.25. The normalized spacial score (nSPS) is 11.6. The number of benzene rings is 2. The second-order valence-electron chi connectivity index (χ2n) is 7.08. The van der Waals surface area contributed by atoms with E-state index in [9.17, 15) is 31.9 Å². The Morgan fingerprint density at radius 3 is 2.39 bits per heavy atom. The summed E-state index contributed by atoms with van der Waals surface area (Å²) in [6.07, 6.45) is -4.69. The van der Waals surface area contributed by atoms with Gasteiger partial charge in [-0.15, -0.1) is 11.3 Å². The minimum atomic E-state index is -4.69. The summed E-state index contributed by atoms with van der Waals surface area (Å²) in [5, 5.41) is 3.73. The third kappa shape index (κ3) is 4.44. The summed E-state index contributed by atoms with van der Waals surface area (Å²) in [5.41, 5.74) is -2.75. The first-order valence-electron chi connectivity index (χ1n) is 9.57. The molecule has 0 atom stereocenters. The molecule has 0 aliphatic carbocycles. The number of thiophene rings is 1. The van der Waals surface area contributed by atoms with Crippen LogP contribution >= 0.6 is 11.3 Å². The fourth-order valence-electron chi connectivity index (χ4n) is 3.40. The third-order valence-corrected chi connectivity index (χ3v) is 5.82. The molecule has 0 saturated heterocycles. The van der Waals surface area contributed by atoms with Crippen LogP contribution in [0.15, 0.2) is 69.6 Å². The lowest BCUT2D eigenvalue weighted by Gasteiger charge is -2.15. The van der Waals surface area contributed by atoms with Crippen molar-refractivity contribution in [2.45, 2.75) is 19.3 Å². The van der Waals surface area contributed by atoms with Gasteiger partial charge in [-0.2, -0.15) is 13.2 Å². The standard InChI is InChI=1S/C22H15F4N3O3S/c23-15-7-3-1-5-13(15)11-29-20(31)19-17(9-10-33-19)28(21(29)32)12-18(30)27-16-8-4-2-6-14(16)22(24,25)26/h1-10H,11-12H2,(H,27,30). The fraction of sp³-hybridized carbons (Fsp3) is 0.136. The molecule has 0 unspecified atom stereocenters. The molecule has 6 nitrogen and oxygen atoms in total. The Labute approximate surface area is 187 Å². The number of alkyl halides is 3. The van der Waals surface area contributed by atoms with Crippen LogP contribution in [0.5, 0.6) is 0 Å². The van der Waals surface area contributed by atoms with Crippen LogP contribution in [0.2, 0.25) is 0 Å². The Hall–Kier alpha value is -3.73. The van der Waals surface area contributed by atoms with E-state index in [-0.39, 0.29) is 22.3 Å². The second-order valence-corrected chi connectivity index (χ2v) is 7.99. The first-order chi connectivity index (χ1) is 15.7. The minimum absolute atomic E-state index is 0.0997. The number of para-hydroxylation sites is 1. The van der Waals surface area contributed by atoms with Crippen molar-refractivity contribution in [2.24, 2.45) is 0 Å². The highest BCUT2D eigenvalue weighted by molar-refractivity contribution is 7.17. The molecular weight excluding hydrogens is 462 g/mol. The summed E-state index contributed by atoms with van der Waals surface area (Å²) < 4.78 is 55.7. The minimum Gasteiger partial charge on any atom is -0.324 e. The molecule has 4 rings (SSSR count). The number of aromatic nitrogens is 2. The molecule has 1 amide bonds. The topological polar surface area (TPSA) is 73.1 Å². The molecule has 33 heavy (non-hydrogen) atoms. The van der Waals surface area contributed by atoms with E-state index in [4.69, 9.17) is 0 Å². The summed E-state index contributed by atoms with van der Waals surface area (Å²) in [4.78, 5) is 38.5. The number of carbonyl (C=O) groups is 1. The van der Waals surface area contributed by atoms with Gasteiger partial charge in [0.2, 0.25) is 5.91 Å². The largest absolute Gasteiger partial charge is 0.418 e. The Morgan fingerprint density at radius 1 is 0.970 bits per heavy atom. The van der Waals surface area contributed by atoms with Crippen molar-refractivity contribution in [3.8, 4) is 0 Å². The van der Waals surface area contributed by atoms with Gasteiger partial charge in [-0.1, -0.05) is 30.3 Å². The van der Waals surface area contributed by atoms with Crippen molar-refractivity contribution in [3.05, 3.63) is 97.8 Å². The highest BCUT2D eigenvalue weighted by Gasteiger charge is 2.33. The number of anilines is 1. The van der Waals surface area contributed by atoms with Gasteiger partial charge in [-0.3, -0.25) is 18.7 Å². The Balaban J connectivity index is 1.73. The number of hydrogen-bond donors (Lipinski definition) is 1. The van der Waals surface area contributed by atoms with Crippen LogP contribution in [0, 0.1) is 5.82 Å². The zero-order valence-corrected chi connectivity index (χ0v) is 17.5. The quantitative estimate of drug-likeness (QED) is 0.441. The lowest BCUT2D eigenvalue weighted by molar-refractivity contribution is -0.137. The van der Waals surface area contributed by atoms with Gasteiger partial charge in [0.05, 0.1) is 23.3 Å². The van der Waals surface area contributed by atoms with Crippen molar-refractivity contribution < 1.29 is 22.4 Å². The molecule has 4 aromatic rings. The van der Waals surface area contributed by atoms with E-state index in [0.29, 0.717) is 0 Å². The van der Waals surface area contributed by atoms with Crippen molar-refractivity contribution in [1.82, 2.24) is 9.13 Å². The second kappa shape index (κ2) is 8.66. The Kier molecular flexibility index (Phi) is 5.90.